The van der Waals surface area contributed by atoms with Crippen molar-refractivity contribution in [2.45, 2.75) is 63.2 Å². The van der Waals surface area contributed by atoms with Crippen LogP contribution < -0.4 is 9.80 Å². The van der Waals surface area contributed by atoms with Crippen LogP contribution in [-0.4, -0.2) is 62.8 Å². The van der Waals surface area contributed by atoms with E-state index < -0.39 is 21.2 Å². The van der Waals surface area contributed by atoms with Gasteiger partial charge in [0.25, 0.3) is 5.92 Å². The van der Waals surface area contributed by atoms with Gasteiger partial charge < -0.3 is 9.80 Å². The second-order valence-corrected chi connectivity index (χ2v) is 15.2. The van der Waals surface area contributed by atoms with E-state index in [0.29, 0.717) is 18.2 Å². The first-order valence-electron chi connectivity index (χ1n) is 14.2. The molecule has 214 valence electrons. The first kappa shape index (κ1) is 27.6. The number of carbonyl (C=O) groups excluding carboxylic acids is 1. The van der Waals surface area contributed by atoms with Gasteiger partial charge >= 0.3 is 0 Å². The number of Topliss-reactive ketones (excluding diaryl/α,β-unsaturated/α-hetero) is 1. The van der Waals surface area contributed by atoms with Gasteiger partial charge in [0, 0.05) is 50.0 Å². The molecule has 6 rings (SSSR count). The molecule has 0 N–H and O–H groups in total. The molecule has 1 aromatic carbocycles. The summed E-state index contributed by atoms with van der Waals surface area (Å²) in [5.74, 6) is -2.65. The molecule has 3 heterocycles. The van der Waals surface area contributed by atoms with Crippen LogP contribution in [0.2, 0.25) is 0 Å². The smallest absolute Gasteiger partial charge is 0.267 e. The number of alkyl halides is 2. The average molecular weight is 589 g/mol. The van der Waals surface area contributed by atoms with Crippen LogP contribution in [0.25, 0.3) is 10.4 Å². The second kappa shape index (κ2) is 10.4. The van der Waals surface area contributed by atoms with Crippen LogP contribution in [0.4, 0.5) is 19.6 Å². The van der Waals surface area contributed by atoms with Crippen molar-refractivity contribution in [3.05, 3.63) is 30.0 Å². The minimum absolute atomic E-state index is 0.106. The molecule has 1 aromatic heterocycles. The summed E-state index contributed by atoms with van der Waals surface area (Å²) in [6.07, 6.45) is 5.14. The molecule has 40 heavy (non-hydrogen) atoms. The van der Waals surface area contributed by atoms with Crippen molar-refractivity contribution in [1.82, 2.24) is 4.98 Å². The highest BCUT2D eigenvalue weighted by molar-refractivity contribution is 7.91. The van der Waals surface area contributed by atoms with Gasteiger partial charge in [-0.15, -0.1) is 0 Å². The molecule has 2 aliphatic carbocycles. The number of carbonyl (C=O) groups is 1. The van der Waals surface area contributed by atoms with Crippen LogP contribution in [0, 0.1) is 22.7 Å². The van der Waals surface area contributed by atoms with Gasteiger partial charge in [0.1, 0.15) is 5.78 Å². The number of hydrogen-bond donors (Lipinski definition) is 0. The molecule has 2 aliphatic heterocycles. The highest BCUT2D eigenvalue weighted by Crippen LogP contribution is 2.52. The van der Waals surface area contributed by atoms with Gasteiger partial charge in [-0.1, -0.05) is 36.3 Å². The fourth-order valence-electron chi connectivity index (χ4n) is 6.39. The van der Waals surface area contributed by atoms with E-state index in [1.807, 2.05) is 24.3 Å². The highest BCUT2D eigenvalue weighted by atomic mass is 32.2. The zero-order valence-electron chi connectivity index (χ0n) is 22.4. The number of nitriles is 1. The molecule has 2 aromatic rings. The summed E-state index contributed by atoms with van der Waals surface area (Å²) >= 11 is 1.41. The number of ketones is 1. The lowest BCUT2D eigenvalue weighted by Gasteiger charge is -2.31. The zero-order chi connectivity index (χ0) is 28.1. The number of benzene rings is 1. The number of thiazole rings is 1. The van der Waals surface area contributed by atoms with Crippen molar-refractivity contribution in [3.8, 4) is 16.5 Å². The Kier molecular flexibility index (Phi) is 7.14. The SMILES string of the molecule is N#CC1(CC(=O)[C@@H]2CCCC[C@H]2c2nc(N3CCC(F)(F)C3)sc2-c2ccc(N3CCS(=O)(=O)CC3)cc2)CC1. The predicted octanol–water partition coefficient (Wildman–Crippen LogP) is 5.43. The van der Waals surface area contributed by atoms with Crippen LogP contribution in [-0.2, 0) is 14.6 Å². The van der Waals surface area contributed by atoms with E-state index in [4.69, 9.17) is 4.98 Å². The summed E-state index contributed by atoms with van der Waals surface area (Å²) in [5.41, 5.74) is 2.18. The van der Waals surface area contributed by atoms with Crippen molar-refractivity contribution in [2.24, 2.45) is 11.3 Å². The Balaban J connectivity index is 1.32. The van der Waals surface area contributed by atoms with Gasteiger partial charge in [-0.2, -0.15) is 5.26 Å². The number of sulfone groups is 1. The van der Waals surface area contributed by atoms with Crippen LogP contribution in [0.5, 0.6) is 0 Å². The van der Waals surface area contributed by atoms with Crippen molar-refractivity contribution >= 4 is 37.8 Å². The normalized spacial score (nSPS) is 26.8. The number of nitrogens with zero attached hydrogens (tertiary/aromatic N) is 4. The molecule has 0 spiro atoms. The lowest BCUT2D eigenvalue weighted by molar-refractivity contribution is -0.125. The molecule has 2 saturated carbocycles. The quantitative estimate of drug-likeness (QED) is 0.426. The molecule has 0 unspecified atom stereocenters. The molecule has 0 radical (unpaired) electrons. The van der Waals surface area contributed by atoms with Crippen LogP contribution in [0.1, 0.15) is 63.0 Å². The molecule has 7 nitrogen and oxygen atoms in total. The summed E-state index contributed by atoms with van der Waals surface area (Å²) in [7, 11) is -2.98. The van der Waals surface area contributed by atoms with Crippen molar-refractivity contribution in [1.29, 1.82) is 5.26 Å². The molecule has 2 atom stereocenters. The Morgan fingerprint density at radius 1 is 1.05 bits per heavy atom. The molecule has 0 bridgehead atoms. The minimum atomic E-state index is -2.98. The van der Waals surface area contributed by atoms with E-state index in [1.165, 1.54) is 11.3 Å². The van der Waals surface area contributed by atoms with Crippen molar-refractivity contribution < 1.29 is 22.0 Å². The van der Waals surface area contributed by atoms with Crippen LogP contribution >= 0.6 is 11.3 Å². The maximum atomic E-state index is 14.1. The monoisotopic (exact) mass is 588 g/mol. The standard InChI is InChI=1S/C29H34F2N4O3S2/c30-29(31)11-12-35(19-29)27-33-25(23-4-2-1-3-22(23)24(36)17-28(18-32)9-10-28)26(39-27)20-5-7-21(8-6-20)34-13-15-40(37,38)16-14-34/h5-8,22-23H,1-4,9-17,19H2/t22-,23-/m1/s1. The number of hydrogen-bond acceptors (Lipinski definition) is 8. The van der Waals surface area contributed by atoms with E-state index in [1.54, 1.807) is 4.90 Å². The number of anilines is 2. The van der Waals surface area contributed by atoms with Gasteiger partial charge in [-0.25, -0.2) is 22.2 Å². The summed E-state index contributed by atoms with van der Waals surface area (Å²) in [4.78, 5) is 23.1. The number of halogens is 2. The van der Waals surface area contributed by atoms with Gasteiger partial charge in [-0.05, 0) is 43.4 Å². The first-order chi connectivity index (χ1) is 19.1. The van der Waals surface area contributed by atoms with Crippen LogP contribution in [0.3, 0.4) is 0 Å². The highest BCUT2D eigenvalue weighted by Gasteiger charge is 2.47. The van der Waals surface area contributed by atoms with Crippen molar-refractivity contribution in [2.75, 3.05) is 47.5 Å². The molecular weight excluding hydrogens is 554 g/mol. The van der Waals surface area contributed by atoms with Crippen molar-refractivity contribution in [3.63, 3.8) is 0 Å². The largest absolute Gasteiger partial charge is 0.369 e. The molecule has 4 fully saturated rings. The predicted molar refractivity (Wildman–Crippen MR) is 152 cm³/mol. The van der Waals surface area contributed by atoms with Gasteiger partial charge in [-0.3, -0.25) is 4.79 Å². The molecule has 11 heteroatoms. The summed E-state index contributed by atoms with van der Waals surface area (Å²) < 4.78 is 52.0. The fraction of sp³-hybridized carbons (Fsp3) is 0.621. The molecule has 0 amide bonds. The third-order valence-corrected chi connectivity index (χ3v) is 11.8. The maximum absolute atomic E-state index is 14.1. The fourth-order valence-corrected chi connectivity index (χ4v) is 8.76. The Bertz CT molecular complexity index is 1420. The van der Waals surface area contributed by atoms with Gasteiger partial charge in [0.2, 0.25) is 0 Å². The van der Waals surface area contributed by atoms with E-state index in [-0.39, 0.29) is 55.1 Å². The van der Waals surface area contributed by atoms with E-state index >= 15 is 0 Å². The second-order valence-electron chi connectivity index (χ2n) is 12.0. The summed E-state index contributed by atoms with van der Waals surface area (Å²) in [6, 6.07) is 10.3. The van der Waals surface area contributed by atoms with E-state index in [9.17, 15) is 27.3 Å². The third kappa shape index (κ3) is 5.62. The van der Waals surface area contributed by atoms with E-state index in [2.05, 4.69) is 11.0 Å². The lowest BCUT2D eigenvalue weighted by Crippen LogP contribution is -2.40. The minimum Gasteiger partial charge on any atom is -0.369 e. The number of aromatic nitrogens is 1. The summed E-state index contributed by atoms with van der Waals surface area (Å²) in [5, 5.41) is 10.1. The Morgan fingerprint density at radius 3 is 2.38 bits per heavy atom. The Labute approximate surface area is 238 Å². The van der Waals surface area contributed by atoms with Crippen LogP contribution in [0.15, 0.2) is 24.3 Å². The summed E-state index contributed by atoms with van der Waals surface area (Å²) in [6.45, 7) is 0.801. The molecule has 4 aliphatic rings. The molecule has 2 saturated heterocycles. The Morgan fingerprint density at radius 2 is 1.75 bits per heavy atom. The van der Waals surface area contributed by atoms with E-state index in [0.717, 1.165) is 60.3 Å². The number of rotatable bonds is 7. The van der Waals surface area contributed by atoms with Gasteiger partial charge in [0.15, 0.2) is 15.0 Å². The maximum Gasteiger partial charge on any atom is 0.267 e. The lowest BCUT2D eigenvalue weighted by atomic mass is 9.73. The van der Waals surface area contributed by atoms with Gasteiger partial charge in [0.05, 0.1) is 40.1 Å². The molecular formula is C29H34F2N4O3S2. The topological polar surface area (TPSA) is 94.4 Å². The first-order valence-corrected chi connectivity index (χ1v) is 16.8. The average Bonchev–Trinajstić information content (AvgIpc) is 3.41. The third-order valence-electron chi connectivity index (χ3n) is 9.06. The zero-order valence-corrected chi connectivity index (χ0v) is 24.1. The Hall–Kier alpha value is -2.58.